The molecule has 1 N–H and O–H groups in total. The van der Waals surface area contributed by atoms with E-state index in [2.05, 4.69) is 21.2 Å². The fraction of sp³-hybridized carbons (Fsp3) is 0.333. The van der Waals surface area contributed by atoms with Crippen LogP contribution in [0.2, 0.25) is 0 Å². The molecular weight excluding hydrogens is 352 g/mol. The Kier molecular flexibility index (Phi) is 5.81. The number of likely N-dealkylation sites (tertiary alicyclic amines) is 1. The van der Waals surface area contributed by atoms with Gasteiger partial charge in [0, 0.05) is 30.6 Å². The number of pyridine rings is 1. The van der Waals surface area contributed by atoms with Crippen molar-refractivity contribution in [1.82, 2.24) is 14.9 Å². The lowest BCUT2D eigenvalue weighted by molar-refractivity contribution is 0.102. The molecule has 8 heteroatoms. The molecule has 0 saturated carbocycles. The highest BCUT2D eigenvalue weighted by atomic mass is 32.1. The first-order valence-corrected chi connectivity index (χ1v) is 9.07. The number of nitrogens with one attached hydrogen (secondary N) is 1. The van der Waals surface area contributed by atoms with Crippen molar-refractivity contribution in [3.63, 3.8) is 0 Å². The van der Waals surface area contributed by atoms with Crippen molar-refractivity contribution in [2.24, 2.45) is 0 Å². The molecule has 0 aromatic carbocycles. The predicted octanol–water partition coefficient (Wildman–Crippen LogP) is 2.74. The lowest BCUT2D eigenvalue weighted by Crippen LogP contribution is -2.38. The molecule has 3 heterocycles. The summed E-state index contributed by atoms with van der Waals surface area (Å²) < 4.78 is 4.94. The molecule has 1 aliphatic rings. The van der Waals surface area contributed by atoms with Crippen LogP contribution in [0.1, 0.15) is 34.3 Å². The van der Waals surface area contributed by atoms with Crippen LogP contribution in [0.5, 0.6) is 0 Å². The lowest BCUT2D eigenvalue weighted by Gasteiger charge is -2.30. The zero-order valence-corrected chi connectivity index (χ0v) is 14.9. The minimum atomic E-state index is -0.378. The summed E-state index contributed by atoms with van der Waals surface area (Å²) in [6.07, 6.45) is 9.50. The molecule has 1 aliphatic heterocycles. The Labute approximate surface area is 155 Å². The third kappa shape index (κ3) is 4.37. The van der Waals surface area contributed by atoms with Gasteiger partial charge < -0.3 is 15.0 Å². The number of carbonyl (C=O) groups is 2. The van der Waals surface area contributed by atoms with Gasteiger partial charge in [0.25, 0.3) is 5.91 Å². The predicted molar refractivity (Wildman–Crippen MR) is 98.0 cm³/mol. The number of piperidine rings is 1. The SMILES string of the molecule is C#CCOC(=O)N1CCC(c2nc(C(=O)Nc3cccnc3)cs2)CC1. The second-order valence-corrected chi connectivity index (χ2v) is 6.68. The van der Waals surface area contributed by atoms with Crippen LogP contribution in [-0.2, 0) is 4.74 Å². The van der Waals surface area contributed by atoms with Crippen LogP contribution in [0.25, 0.3) is 0 Å². The second-order valence-electron chi connectivity index (χ2n) is 5.79. The van der Waals surface area contributed by atoms with Crippen LogP contribution in [0.15, 0.2) is 29.9 Å². The van der Waals surface area contributed by atoms with Crippen LogP contribution >= 0.6 is 11.3 Å². The van der Waals surface area contributed by atoms with E-state index in [0.717, 1.165) is 17.8 Å². The minimum absolute atomic E-state index is 0.0132. The van der Waals surface area contributed by atoms with Crippen LogP contribution in [0.3, 0.4) is 0 Å². The Morgan fingerprint density at radius 2 is 2.23 bits per heavy atom. The van der Waals surface area contributed by atoms with Crippen molar-refractivity contribution in [2.45, 2.75) is 18.8 Å². The molecule has 0 spiro atoms. The van der Waals surface area contributed by atoms with E-state index < -0.39 is 0 Å². The number of carbonyl (C=O) groups excluding carboxylic acids is 2. The summed E-state index contributed by atoms with van der Waals surface area (Å²) in [5, 5.41) is 5.45. The second kappa shape index (κ2) is 8.45. The standard InChI is InChI=1S/C18H18N4O3S/c1-2-10-25-18(24)22-8-5-13(6-9-22)17-21-15(12-26-17)16(23)20-14-4-3-7-19-11-14/h1,3-4,7,11-13H,5-6,8-10H2,(H,20,23). The minimum Gasteiger partial charge on any atom is -0.436 e. The maximum atomic E-state index is 12.3. The van der Waals surface area contributed by atoms with E-state index in [4.69, 9.17) is 11.2 Å². The van der Waals surface area contributed by atoms with E-state index in [1.807, 2.05) is 0 Å². The average molecular weight is 370 g/mol. The monoisotopic (exact) mass is 370 g/mol. The van der Waals surface area contributed by atoms with Gasteiger partial charge in [-0.1, -0.05) is 5.92 Å². The van der Waals surface area contributed by atoms with E-state index in [9.17, 15) is 9.59 Å². The first kappa shape index (κ1) is 17.9. The van der Waals surface area contributed by atoms with Crippen molar-refractivity contribution in [3.8, 4) is 12.3 Å². The molecule has 0 unspecified atom stereocenters. The third-order valence-corrected chi connectivity index (χ3v) is 5.06. The summed E-state index contributed by atoms with van der Waals surface area (Å²) >= 11 is 1.47. The molecule has 2 aromatic heterocycles. The van der Waals surface area contributed by atoms with Crippen molar-refractivity contribution in [3.05, 3.63) is 40.6 Å². The van der Waals surface area contributed by atoms with Crippen LogP contribution in [0.4, 0.5) is 10.5 Å². The van der Waals surface area contributed by atoms with Gasteiger partial charge in [-0.2, -0.15) is 0 Å². The summed E-state index contributed by atoms with van der Waals surface area (Å²) in [5.41, 5.74) is 1.02. The Morgan fingerprint density at radius 1 is 1.42 bits per heavy atom. The summed E-state index contributed by atoms with van der Waals surface area (Å²) in [6.45, 7) is 1.16. The molecule has 0 atom stereocenters. The highest BCUT2D eigenvalue weighted by Gasteiger charge is 2.27. The van der Waals surface area contributed by atoms with Crippen molar-refractivity contribution < 1.29 is 14.3 Å². The van der Waals surface area contributed by atoms with E-state index in [1.54, 1.807) is 34.8 Å². The number of anilines is 1. The molecule has 2 aromatic rings. The molecule has 0 bridgehead atoms. The number of hydrogen-bond donors (Lipinski definition) is 1. The molecule has 26 heavy (non-hydrogen) atoms. The van der Waals surface area contributed by atoms with Crippen LogP contribution in [-0.4, -0.2) is 46.6 Å². The molecule has 2 amide bonds. The highest BCUT2D eigenvalue weighted by molar-refractivity contribution is 7.09. The number of thiazole rings is 1. The van der Waals surface area contributed by atoms with Crippen molar-refractivity contribution in [2.75, 3.05) is 25.0 Å². The Morgan fingerprint density at radius 3 is 2.92 bits per heavy atom. The summed E-state index contributed by atoms with van der Waals surface area (Å²) in [5.74, 6) is 2.26. The van der Waals surface area contributed by atoms with Gasteiger partial charge in [-0.15, -0.1) is 17.8 Å². The number of hydrogen-bond acceptors (Lipinski definition) is 6. The van der Waals surface area contributed by atoms with Gasteiger partial charge in [0.15, 0.2) is 6.61 Å². The van der Waals surface area contributed by atoms with E-state index in [0.29, 0.717) is 24.5 Å². The van der Waals surface area contributed by atoms with Crippen molar-refractivity contribution >= 4 is 29.0 Å². The fourth-order valence-corrected chi connectivity index (χ4v) is 3.69. The van der Waals surface area contributed by atoms with Gasteiger partial charge in [-0.25, -0.2) is 9.78 Å². The van der Waals surface area contributed by atoms with Gasteiger partial charge in [0.2, 0.25) is 0 Å². The first-order valence-electron chi connectivity index (χ1n) is 8.19. The summed E-state index contributed by atoms with van der Waals surface area (Å²) in [4.78, 5) is 34.2. The van der Waals surface area contributed by atoms with E-state index in [-0.39, 0.29) is 24.5 Å². The number of aromatic nitrogens is 2. The molecule has 0 radical (unpaired) electrons. The number of ether oxygens (including phenoxy) is 1. The smallest absolute Gasteiger partial charge is 0.410 e. The van der Waals surface area contributed by atoms with Gasteiger partial charge in [0.1, 0.15) is 5.69 Å². The van der Waals surface area contributed by atoms with E-state index in [1.165, 1.54) is 11.3 Å². The number of rotatable bonds is 4. The van der Waals surface area contributed by atoms with Gasteiger partial charge >= 0.3 is 6.09 Å². The molecule has 7 nitrogen and oxygen atoms in total. The first-order chi connectivity index (χ1) is 12.7. The van der Waals surface area contributed by atoms with Gasteiger partial charge in [-0.3, -0.25) is 9.78 Å². The zero-order valence-electron chi connectivity index (χ0n) is 14.1. The average Bonchev–Trinajstić information content (AvgIpc) is 3.17. The fourth-order valence-electron chi connectivity index (χ4n) is 2.71. The van der Waals surface area contributed by atoms with Crippen LogP contribution in [0, 0.1) is 12.3 Å². The molecule has 1 fully saturated rings. The van der Waals surface area contributed by atoms with Crippen LogP contribution < -0.4 is 5.32 Å². The summed E-state index contributed by atoms with van der Waals surface area (Å²) in [6, 6.07) is 3.53. The number of terminal acetylenes is 1. The number of amides is 2. The van der Waals surface area contributed by atoms with Crippen molar-refractivity contribution in [1.29, 1.82) is 0 Å². The molecule has 1 saturated heterocycles. The topological polar surface area (TPSA) is 84.4 Å². The molecule has 3 rings (SSSR count). The zero-order chi connectivity index (χ0) is 18.4. The highest BCUT2D eigenvalue weighted by Crippen LogP contribution is 2.30. The van der Waals surface area contributed by atoms with E-state index >= 15 is 0 Å². The normalized spacial score (nSPS) is 14.5. The Balaban J connectivity index is 1.55. The summed E-state index contributed by atoms with van der Waals surface area (Å²) in [7, 11) is 0. The maximum Gasteiger partial charge on any atom is 0.410 e. The third-order valence-electron chi connectivity index (χ3n) is 4.06. The maximum absolute atomic E-state index is 12.3. The Bertz CT molecular complexity index is 807. The van der Waals surface area contributed by atoms with Gasteiger partial charge in [-0.05, 0) is 25.0 Å². The van der Waals surface area contributed by atoms with Gasteiger partial charge in [0.05, 0.1) is 16.9 Å². The molecular formula is C18H18N4O3S. The Hall–Kier alpha value is -2.92. The quantitative estimate of drug-likeness (QED) is 0.837. The molecule has 0 aliphatic carbocycles. The number of nitrogens with zero attached hydrogens (tertiary/aromatic N) is 3. The molecule has 134 valence electrons. The lowest BCUT2D eigenvalue weighted by atomic mass is 9.98. The largest absolute Gasteiger partial charge is 0.436 e.